The molecule has 6 rings (SSSR count). The zero-order valence-electron chi connectivity index (χ0n) is 25.8. The van der Waals surface area contributed by atoms with E-state index in [-0.39, 0.29) is 39.4 Å². The Bertz CT molecular complexity index is 1770. The number of amidine groups is 2. The summed E-state index contributed by atoms with van der Waals surface area (Å²) in [4.78, 5) is 0. The van der Waals surface area contributed by atoms with E-state index in [1.165, 1.54) is 11.1 Å². The molecule has 0 aromatic heterocycles. The van der Waals surface area contributed by atoms with Crippen molar-refractivity contribution in [3.05, 3.63) is 68.8 Å². The first-order valence-electron chi connectivity index (χ1n) is 14.2. The van der Waals surface area contributed by atoms with Gasteiger partial charge in [-0.2, -0.15) is 0 Å². The highest BCUT2D eigenvalue weighted by Crippen LogP contribution is 2.65. The molecular weight excluding hydrogens is 548 g/mol. The molecule has 0 saturated heterocycles. The fourth-order valence-electron chi connectivity index (χ4n) is 7.87. The predicted octanol–water partition coefficient (Wildman–Crippen LogP) is 6.06. The number of benzene rings is 3. The van der Waals surface area contributed by atoms with Crippen LogP contribution >= 0.6 is 0 Å². The van der Waals surface area contributed by atoms with Crippen LogP contribution in [0.15, 0.2) is 34.6 Å². The molecule has 0 bridgehead atoms. The normalized spacial score (nSPS) is 20.9. The maximum absolute atomic E-state index is 9.63. The summed E-state index contributed by atoms with van der Waals surface area (Å²) in [5.41, 5.74) is 18.5. The predicted molar refractivity (Wildman–Crippen MR) is 163 cm³/mol. The van der Waals surface area contributed by atoms with Crippen molar-refractivity contribution in [3.8, 4) is 34.5 Å². The largest absolute Gasteiger partial charge is 0.493 e. The van der Waals surface area contributed by atoms with Gasteiger partial charge in [0.15, 0.2) is 46.2 Å². The molecule has 0 fully saturated rings. The third-order valence-electron chi connectivity index (χ3n) is 9.71. The summed E-state index contributed by atoms with van der Waals surface area (Å²) in [5.74, 6) is 2.61. The lowest BCUT2D eigenvalue weighted by Crippen LogP contribution is -2.27. The summed E-state index contributed by atoms with van der Waals surface area (Å²) in [6.07, 6.45) is 1.76. The molecule has 1 unspecified atom stereocenters. The average Bonchev–Trinajstić information content (AvgIpc) is 3.33. The van der Waals surface area contributed by atoms with Crippen molar-refractivity contribution in [2.75, 3.05) is 14.2 Å². The number of nitrogens with two attached hydrogens (primary N) is 2. The Balaban J connectivity index is 1.61. The van der Waals surface area contributed by atoms with Crippen LogP contribution in [0.25, 0.3) is 0 Å². The third kappa shape index (κ3) is 3.78. The van der Waals surface area contributed by atoms with Crippen molar-refractivity contribution in [1.29, 1.82) is 0 Å². The van der Waals surface area contributed by atoms with Gasteiger partial charge in [0, 0.05) is 5.41 Å². The van der Waals surface area contributed by atoms with E-state index >= 15 is 0 Å². The number of methoxy groups -OCH3 is 2. The minimum absolute atomic E-state index is 0.129. The first kappa shape index (κ1) is 28.5. The second-order valence-corrected chi connectivity index (χ2v) is 13.1. The number of hydrogen-bond donors (Lipinski definition) is 4. The first-order valence-corrected chi connectivity index (χ1v) is 14.2. The molecule has 1 spiro atoms. The van der Waals surface area contributed by atoms with Gasteiger partial charge in [0.25, 0.3) is 0 Å². The van der Waals surface area contributed by atoms with E-state index < -0.39 is 0 Å². The Morgan fingerprint density at radius 1 is 0.698 bits per heavy atom. The maximum atomic E-state index is 9.63. The number of oxime groups is 2. The molecule has 6 N–H and O–H groups in total. The molecule has 10 heteroatoms. The lowest BCUT2D eigenvalue weighted by atomic mass is 9.72. The van der Waals surface area contributed by atoms with E-state index in [9.17, 15) is 10.4 Å². The molecule has 1 atom stereocenters. The van der Waals surface area contributed by atoms with Gasteiger partial charge in [-0.3, -0.25) is 0 Å². The molecule has 0 saturated carbocycles. The van der Waals surface area contributed by atoms with Gasteiger partial charge in [-0.1, -0.05) is 38.0 Å². The molecule has 3 aromatic carbocycles. The Kier molecular flexibility index (Phi) is 6.10. The van der Waals surface area contributed by atoms with Gasteiger partial charge < -0.3 is 40.8 Å². The Morgan fingerprint density at radius 2 is 1.07 bits per heavy atom. The highest BCUT2D eigenvalue weighted by atomic mass is 16.6. The molecule has 3 aromatic rings. The number of rotatable bonds is 4. The van der Waals surface area contributed by atoms with Gasteiger partial charge in [0.05, 0.1) is 25.3 Å². The van der Waals surface area contributed by atoms with Crippen molar-refractivity contribution in [3.63, 3.8) is 0 Å². The van der Waals surface area contributed by atoms with Crippen molar-refractivity contribution in [1.82, 2.24) is 0 Å². The lowest BCUT2D eigenvalue weighted by molar-refractivity contribution is 0.316. The van der Waals surface area contributed by atoms with Gasteiger partial charge >= 0.3 is 0 Å². The number of ether oxygens (including phenoxy) is 4. The number of hydrogen-bond acceptors (Lipinski definition) is 8. The van der Waals surface area contributed by atoms with Crippen LogP contribution in [-0.2, 0) is 16.2 Å². The standard InChI is InChI=1S/C33H38N4O6/c1-15-16(2)26(30(35)37-39)28-27(25(15)29(34)36-38)42-23-10-18-20(12-24(23)43-28)33(14-32(18,5)6)13-31(3,4)17-9-21(40-7)22(41-8)11-19(17)33/h9-12,38-39H,13-14H2,1-8H3,(H2,34,36)(H2,35,37). The van der Waals surface area contributed by atoms with Crippen LogP contribution in [0.1, 0.15) is 85.0 Å². The van der Waals surface area contributed by atoms with E-state index in [1.807, 2.05) is 6.07 Å². The van der Waals surface area contributed by atoms with Crippen LogP contribution in [0.2, 0.25) is 0 Å². The monoisotopic (exact) mass is 586 g/mol. The summed E-state index contributed by atoms with van der Waals surface area (Å²) in [6.45, 7) is 12.7. The molecule has 43 heavy (non-hydrogen) atoms. The van der Waals surface area contributed by atoms with Gasteiger partial charge in [0.1, 0.15) is 0 Å². The van der Waals surface area contributed by atoms with Crippen LogP contribution in [0.5, 0.6) is 34.5 Å². The van der Waals surface area contributed by atoms with Crippen LogP contribution in [0.3, 0.4) is 0 Å². The molecule has 1 heterocycles. The van der Waals surface area contributed by atoms with Crippen molar-refractivity contribution in [2.45, 2.75) is 70.6 Å². The van der Waals surface area contributed by atoms with Crippen LogP contribution < -0.4 is 30.4 Å². The van der Waals surface area contributed by atoms with Crippen molar-refractivity contribution >= 4 is 11.7 Å². The number of nitrogens with zero attached hydrogens (tertiary/aromatic N) is 2. The lowest BCUT2D eigenvalue weighted by Gasteiger charge is -2.31. The van der Waals surface area contributed by atoms with Crippen LogP contribution in [0, 0.1) is 13.8 Å². The maximum Gasteiger partial charge on any atom is 0.182 e. The summed E-state index contributed by atoms with van der Waals surface area (Å²) >= 11 is 0. The van der Waals surface area contributed by atoms with Crippen molar-refractivity contribution in [2.24, 2.45) is 21.8 Å². The molecule has 0 radical (unpaired) electrons. The minimum atomic E-state index is -0.313. The summed E-state index contributed by atoms with van der Waals surface area (Å²) < 4.78 is 24.6. The Hall–Kier alpha value is -4.60. The highest BCUT2D eigenvalue weighted by Gasteiger charge is 2.57. The molecule has 2 aliphatic carbocycles. The van der Waals surface area contributed by atoms with E-state index in [0.29, 0.717) is 45.3 Å². The van der Waals surface area contributed by atoms with Crippen molar-refractivity contribution < 1.29 is 29.4 Å². The topological polar surface area (TPSA) is 154 Å². The molecule has 226 valence electrons. The fourth-order valence-corrected chi connectivity index (χ4v) is 7.87. The fraction of sp³-hybridized carbons (Fsp3) is 0.394. The second kappa shape index (κ2) is 9.20. The van der Waals surface area contributed by atoms with Gasteiger partial charge in [-0.25, -0.2) is 0 Å². The minimum Gasteiger partial charge on any atom is -0.493 e. The van der Waals surface area contributed by atoms with Gasteiger partial charge in [-0.15, -0.1) is 0 Å². The van der Waals surface area contributed by atoms with Gasteiger partial charge in [0.2, 0.25) is 0 Å². The van der Waals surface area contributed by atoms with Gasteiger partial charge in [-0.05, 0) is 95.2 Å². The highest BCUT2D eigenvalue weighted by molar-refractivity contribution is 6.08. The molecular formula is C33H38N4O6. The molecule has 10 nitrogen and oxygen atoms in total. The molecule has 0 amide bonds. The first-order chi connectivity index (χ1) is 20.2. The quantitative estimate of drug-likeness (QED) is 0.0974. The Morgan fingerprint density at radius 3 is 1.49 bits per heavy atom. The Labute approximate surface area is 250 Å². The molecule has 1 aliphatic heterocycles. The van der Waals surface area contributed by atoms with E-state index in [4.69, 9.17) is 30.4 Å². The average molecular weight is 587 g/mol. The van der Waals surface area contributed by atoms with E-state index in [1.54, 1.807) is 28.1 Å². The van der Waals surface area contributed by atoms with E-state index in [2.05, 4.69) is 56.2 Å². The third-order valence-corrected chi connectivity index (χ3v) is 9.71. The van der Waals surface area contributed by atoms with Crippen LogP contribution in [-0.4, -0.2) is 36.3 Å². The summed E-state index contributed by atoms with van der Waals surface area (Å²) in [6, 6.07) is 8.36. The zero-order valence-corrected chi connectivity index (χ0v) is 25.8. The smallest absolute Gasteiger partial charge is 0.182 e. The zero-order chi connectivity index (χ0) is 31.2. The number of fused-ring (bicyclic) bond motifs is 6. The van der Waals surface area contributed by atoms with Crippen LogP contribution in [0.4, 0.5) is 0 Å². The summed E-state index contributed by atoms with van der Waals surface area (Å²) in [5, 5.41) is 25.7. The van der Waals surface area contributed by atoms with E-state index in [0.717, 1.165) is 24.0 Å². The summed E-state index contributed by atoms with van der Waals surface area (Å²) in [7, 11) is 3.32. The SMILES string of the molecule is COc1cc2c(cc1OC)C1(CC2(C)C)CC(C)(C)c2cc3c(cc21)Oc1c(c(/C(N)=N\O)c(C)c(C)c1/C(N)=N\O)O3. The second-order valence-electron chi connectivity index (χ2n) is 13.1. The molecule has 3 aliphatic rings.